The maximum Gasteiger partial charge on any atom is 0.303 e. The molecule has 204 valence electrons. The second-order valence-electron chi connectivity index (χ2n) is 10.6. The lowest BCUT2D eigenvalue weighted by Gasteiger charge is -2.23. The average molecular weight is 588 g/mol. The van der Waals surface area contributed by atoms with Gasteiger partial charge in [0.25, 0.3) is 5.91 Å². The number of nitrogens with zero attached hydrogens (tertiary/aromatic N) is 1. The number of carbonyl (C=O) groups is 3. The fourth-order valence-electron chi connectivity index (χ4n) is 4.22. The Hall–Kier alpha value is -3.24. The molecule has 1 unspecified atom stereocenters. The van der Waals surface area contributed by atoms with Crippen molar-refractivity contribution in [2.24, 2.45) is 4.99 Å². The number of aliphatic carboxylic acids is 1. The highest BCUT2D eigenvalue weighted by atomic mass is 79.9. The molecule has 0 bridgehead atoms. The van der Waals surface area contributed by atoms with Gasteiger partial charge in [0.15, 0.2) is 5.78 Å². The predicted molar refractivity (Wildman–Crippen MR) is 148 cm³/mol. The number of carboxylic acid groups (broad SMARTS) is 1. The molecule has 0 aliphatic carbocycles. The van der Waals surface area contributed by atoms with E-state index in [0.29, 0.717) is 24.4 Å². The van der Waals surface area contributed by atoms with Crippen LogP contribution in [0.15, 0.2) is 45.9 Å². The van der Waals surface area contributed by atoms with Gasteiger partial charge in [-0.2, -0.15) is 0 Å². The summed E-state index contributed by atoms with van der Waals surface area (Å²) < 4.78 is 0.807. The smallest absolute Gasteiger partial charge is 0.303 e. The van der Waals surface area contributed by atoms with Crippen molar-refractivity contribution in [3.05, 3.63) is 63.1 Å². The minimum atomic E-state index is -1.01. The molecule has 0 fully saturated rings. The highest BCUT2D eigenvalue weighted by molar-refractivity contribution is 9.10. The number of rotatable bonds is 10. The topological polar surface area (TPSA) is 148 Å². The molecule has 1 aliphatic heterocycles. The minimum Gasteiger partial charge on any atom is -0.508 e. The number of β-amino-alcohol motifs (C(OH)–C–C–N with tert-alkyl or cyclic N) is 1. The highest BCUT2D eigenvalue weighted by Gasteiger charge is 2.23. The van der Waals surface area contributed by atoms with Crippen LogP contribution >= 0.6 is 15.9 Å². The summed E-state index contributed by atoms with van der Waals surface area (Å²) in [6.07, 6.45) is -0.457. The molecule has 3 rings (SSSR count). The number of hydrogen-bond acceptors (Lipinski definition) is 7. The van der Waals surface area contributed by atoms with Crippen LogP contribution in [0, 0.1) is 0 Å². The first-order valence-corrected chi connectivity index (χ1v) is 13.2. The summed E-state index contributed by atoms with van der Waals surface area (Å²) in [4.78, 5) is 41.4. The summed E-state index contributed by atoms with van der Waals surface area (Å²) in [5.74, 6) is -1.85. The van der Waals surface area contributed by atoms with Crippen LogP contribution in [0.4, 0.5) is 0 Å². The zero-order valence-electron chi connectivity index (χ0n) is 21.8. The fraction of sp³-hybridized carbons (Fsp3) is 0.429. The monoisotopic (exact) mass is 587 g/mol. The van der Waals surface area contributed by atoms with E-state index in [4.69, 9.17) is 0 Å². The number of ketones is 1. The van der Waals surface area contributed by atoms with Gasteiger partial charge in [-0.3, -0.25) is 19.4 Å². The first-order valence-electron chi connectivity index (χ1n) is 12.4. The summed E-state index contributed by atoms with van der Waals surface area (Å²) in [6, 6.07) is 10.2. The van der Waals surface area contributed by atoms with Crippen LogP contribution in [0.25, 0.3) is 0 Å². The van der Waals surface area contributed by atoms with Crippen LogP contribution in [-0.4, -0.2) is 64.6 Å². The number of phenols is 1. The van der Waals surface area contributed by atoms with E-state index < -0.39 is 23.9 Å². The fourth-order valence-corrected chi connectivity index (χ4v) is 4.73. The molecule has 9 nitrogen and oxygen atoms in total. The number of amidine groups is 1. The summed E-state index contributed by atoms with van der Waals surface area (Å²) in [5, 5.41) is 34.7. The predicted octanol–water partition coefficient (Wildman–Crippen LogP) is 3.30. The molecule has 1 heterocycles. The van der Waals surface area contributed by atoms with Crippen LogP contribution in [-0.2, 0) is 21.4 Å². The standard InChI is InChI=1S/C28H34BrN3O6/c1-28(2,3)20-7-17(8-21(29)12-20)18(11-26(36)37)9-23(34)13-32-27(38)19-4-16(5-22(33)10-19)6-25-30-14-24(35)15-31-25/h4-5,7-8,10,12,18,24,33,35H,6,9,11,13-15H2,1-3H3,(H,30,31)(H,32,38)(H,36,37)/t18-/m0/s1. The number of phenolic OH excluding ortho intramolecular Hbond substituents is 1. The number of aliphatic imine (C=N–C) groups is 1. The summed E-state index contributed by atoms with van der Waals surface area (Å²) in [6.45, 7) is 6.57. The van der Waals surface area contributed by atoms with Gasteiger partial charge in [-0.25, -0.2) is 0 Å². The summed E-state index contributed by atoms with van der Waals surface area (Å²) in [5.41, 5.74) is 2.44. The Morgan fingerprint density at radius 3 is 2.50 bits per heavy atom. The van der Waals surface area contributed by atoms with E-state index in [1.807, 2.05) is 18.2 Å². The maximum absolute atomic E-state index is 12.8. The lowest BCUT2D eigenvalue weighted by Crippen LogP contribution is -2.39. The van der Waals surface area contributed by atoms with E-state index in [9.17, 15) is 29.7 Å². The molecule has 2 aromatic carbocycles. The number of aliphatic hydroxyl groups excluding tert-OH is 1. The van der Waals surface area contributed by atoms with Gasteiger partial charge in [-0.15, -0.1) is 0 Å². The molecule has 38 heavy (non-hydrogen) atoms. The number of halogens is 1. The van der Waals surface area contributed by atoms with Crippen molar-refractivity contribution < 1.29 is 29.7 Å². The van der Waals surface area contributed by atoms with E-state index in [1.165, 1.54) is 12.1 Å². The Kier molecular flexibility index (Phi) is 9.67. The number of carbonyl (C=O) groups excluding carboxylic acids is 2. The molecular formula is C28H34BrN3O6. The molecule has 2 aromatic rings. The number of Topliss-reactive ketones (excluding diaryl/α,β-unsaturated/α-hetero) is 1. The largest absolute Gasteiger partial charge is 0.508 e. The van der Waals surface area contributed by atoms with Gasteiger partial charge >= 0.3 is 5.97 Å². The van der Waals surface area contributed by atoms with Crippen molar-refractivity contribution in [1.29, 1.82) is 0 Å². The van der Waals surface area contributed by atoms with Crippen molar-refractivity contribution in [3.8, 4) is 5.75 Å². The van der Waals surface area contributed by atoms with Gasteiger partial charge in [0.1, 0.15) is 11.6 Å². The third kappa shape index (κ3) is 8.66. The van der Waals surface area contributed by atoms with E-state index in [1.54, 1.807) is 6.07 Å². The van der Waals surface area contributed by atoms with Crippen LogP contribution in [0.1, 0.15) is 66.6 Å². The number of carboxylic acids is 1. The van der Waals surface area contributed by atoms with E-state index >= 15 is 0 Å². The normalized spacial score (nSPS) is 16.2. The van der Waals surface area contributed by atoms with E-state index in [-0.39, 0.29) is 48.4 Å². The van der Waals surface area contributed by atoms with Crippen molar-refractivity contribution in [2.75, 3.05) is 19.6 Å². The molecule has 2 atom stereocenters. The Morgan fingerprint density at radius 2 is 1.87 bits per heavy atom. The molecule has 5 N–H and O–H groups in total. The SMILES string of the molecule is CC(C)(C)c1cc(Br)cc([C@H](CC(=O)O)CC(=O)CNC(=O)c2cc(O)cc(CC3=NCC(O)CN3)c2)c1. The number of hydrogen-bond donors (Lipinski definition) is 5. The Balaban J connectivity index is 1.67. The first-order chi connectivity index (χ1) is 17.8. The molecule has 0 spiro atoms. The van der Waals surface area contributed by atoms with Gasteiger partial charge in [0, 0.05) is 35.3 Å². The third-order valence-corrected chi connectivity index (χ3v) is 6.70. The average Bonchev–Trinajstić information content (AvgIpc) is 2.82. The Morgan fingerprint density at radius 1 is 1.13 bits per heavy atom. The van der Waals surface area contributed by atoms with Crippen molar-refractivity contribution >= 4 is 39.4 Å². The molecule has 0 saturated heterocycles. The van der Waals surface area contributed by atoms with Crippen LogP contribution in [0.2, 0.25) is 0 Å². The van der Waals surface area contributed by atoms with Crippen molar-refractivity contribution in [2.45, 2.75) is 57.5 Å². The number of aromatic hydroxyl groups is 1. The highest BCUT2D eigenvalue weighted by Crippen LogP contribution is 2.32. The zero-order chi connectivity index (χ0) is 28.0. The van der Waals surface area contributed by atoms with Crippen LogP contribution in [0.3, 0.4) is 0 Å². The lowest BCUT2D eigenvalue weighted by molar-refractivity contribution is -0.137. The first kappa shape index (κ1) is 29.3. The Labute approximate surface area is 230 Å². The minimum absolute atomic E-state index is 0.0464. The summed E-state index contributed by atoms with van der Waals surface area (Å²) >= 11 is 3.50. The van der Waals surface area contributed by atoms with Gasteiger partial charge < -0.3 is 26.0 Å². The zero-order valence-corrected chi connectivity index (χ0v) is 23.3. The van der Waals surface area contributed by atoms with E-state index in [2.05, 4.69) is 52.3 Å². The maximum atomic E-state index is 12.8. The molecule has 0 aromatic heterocycles. The summed E-state index contributed by atoms with van der Waals surface area (Å²) in [7, 11) is 0. The van der Waals surface area contributed by atoms with Crippen LogP contribution in [0.5, 0.6) is 5.75 Å². The lowest BCUT2D eigenvalue weighted by atomic mass is 9.83. The second-order valence-corrected chi connectivity index (χ2v) is 11.5. The van der Waals surface area contributed by atoms with Crippen molar-refractivity contribution in [3.63, 3.8) is 0 Å². The van der Waals surface area contributed by atoms with Gasteiger partial charge in [0.2, 0.25) is 0 Å². The quantitative estimate of drug-likeness (QED) is 0.286. The second kappa shape index (κ2) is 12.5. The van der Waals surface area contributed by atoms with Gasteiger partial charge in [-0.1, -0.05) is 42.8 Å². The van der Waals surface area contributed by atoms with Crippen LogP contribution < -0.4 is 10.6 Å². The molecule has 1 aliphatic rings. The third-order valence-electron chi connectivity index (χ3n) is 6.24. The number of nitrogens with one attached hydrogen (secondary N) is 2. The molecule has 0 radical (unpaired) electrons. The van der Waals surface area contributed by atoms with Gasteiger partial charge in [-0.05, 0) is 52.4 Å². The number of amides is 1. The molecule has 10 heteroatoms. The van der Waals surface area contributed by atoms with Crippen molar-refractivity contribution in [1.82, 2.24) is 10.6 Å². The molecule has 0 saturated carbocycles. The number of benzene rings is 2. The molecular weight excluding hydrogens is 554 g/mol. The van der Waals surface area contributed by atoms with Gasteiger partial charge in [0.05, 0.1) is 25.6 Å². The number of aliphatic hydroxyl groups is 1. The van der Waals surface area contributed by atoms with E-state index in [0.717, 1.165) is 15.6 Å². The Bertz CT molecular complexity index is 1240. The molecule has 1 amide bonds.